The van der Waals surface area contributed by atoms with E-state index < -0.39 is 6.23 Å². The fourth-order valence-electron chi connectivity index (χ4n) is 3.82. The van der Waals surface area contributed by atoms with Crippen molar-refractivity contribution in [2.75, 3.05) is 6.61 Å². The molecule has 5 rings (SSSR count). The fraction of sp³-hybridized carbons (Fsp3) is 0.227. The van der Waals surface area contributed by atoms with Crippen LogP contribution in [0, 0.1) is 5.82 Å². The molecule has 142 valence electrons. The second-order valence-electron chi connectivity index (χ2n) is 6.76. The van der Waals surface area contributed by atoms with E-state index in [9.17, 15) is 4.39 Å². The van der Waals surface area contributed by atoms with Crippen molar-refractivity contribution in [3.05, 3.63) is 83.6 Å². The highest BCUT2D eigenvalue weighted by atomic mass is 19.1. The standard InChI is InChI=1S/C22H19FN2O3/c1-2-26-20-9-4-8-16-18-13-17(19-10-5-11-27-19)24-25(18)22(28-21(16)20)14-6-3-7-15(23)12-14/h3-12,18,22H,2,13H2,1H3/t18-,22-/m0/s1. The highest BCUT2D eigenvalue weighted by molar-refractivity contribution is 5.99. The van der Waals surface area contributed by atoms with Gasteiger partial charge in [0.1, 0.15) is 17.3 Å². The average molecular weight is 378 g/mol. The Balaban J connectivity index is 1.63. The number of rotatable bonds is 4. The van der Waals surface area contributed by atoms with E-state index in [0.29, 0.717) is 30.1 Å². The largest absolute Gasteiger partial charge is 0.490 e. The van der Waals surface area contributed by atoms with Crippen molar-refractivity contribution >= 4 is 5.71 Å². The highest BCUT2D eigenvalue weighted by Gasteiger charge is 2.42. The molecule has 28 heavy (non-hydrogen) atoms. The van der Waals surface area contributed by atoms with Crippen LogP contribution >= 0.6 is 0 Å². The zero-order chi connectivity index (χ0) is 19.1. The zero-order valence-electron chi connectivity index (χ0n) is 15.3. The van der Waals surface area contributed by atoms with Gasteiger partial charge in [0.2, 0.25) is 6.23 Å². The van der Waals surface area contributed by atoms with Gasteiger partial charge in [0.25, 0.3) is 0 Å². The summed E-state index contributed by atoms with van der Waals surface area (Å²) in [7, 11) is 0. The zero-order valence-corrected chi connectivity index (χ0v) is 15.3. The number of ether oxygens (including phenoxy) is 2. The van der Waals surface area contributed by atoms with Gasteiger partial charge in [-0.2, -0.15) is 5.10 Å². The Hall–Kier alpha value is -3.28. The van der Waals surface area contributed by atoms with Crippen molar-refractivity contribution in [1.82, 2.24) is 5.01 Å². The van der Waals surface area contributed by atoms with Crippen LogP contribution in [-0.2, 0) is 0 Å². The first-order chi connectivity index (χ1) is 13.7. The average Bonchev–Trinajstić information content (AvgIpc) is 3.38. The Morgan fingerprint density at radius 3 is 2.86 bits per heavy atom. The molecule has 0 unspecified atom stereocenters. The molecule has 0 N–H and O–H groups in total. The minimum atomic E-state index is -0.553. The molecule has 2 atom stereocenters. The van der Waals surface area contributed by atoms with Gasteiger partial charge in [-0.15, -0.1) is 0 Å². The van der Waals surface area contributed by atoms with Crippen molar-refractivity contribution in [2.24, 2.45) is 5.10 Å². The maximum absolute atomic E-state index is 13.9. The SMILES string of the molecule is CCOc1cccc2c1O[C@@H](c1cccc(F)c1)N1N=C(c3ccco3)C[C@@H]21. The van der Waals surface area contributed by atoms with Gasteiger partial charge in [0.15, 0.2) is 11.5 Å². The summed E-state index contributed by atoms with van der Waals surface area (Å²) in [5.41, 5.74) is 2.55. The molecule has 1 aromatic heterocycles. The molecule has 2 aromatic carbocycles. The van der Waals surface area contributed by atoms with Gasteiger partial charge in [0, 0.05) is 17.5 Å². The van der Waals surface area contributed by atoms with E-state index in [1.54, 1.807) is 12.3 Å². The molecule has 0 radical (unpaired) electrons. The lowest BCUT2D eigenvalue weighted by Gasteiger charge is -2.38. The second kappa shape index (κ2) is 6.71. The second-order valence-corrected chi connectivity index (χ2v) is 6.76. The van der Waals surface area contributed by atoms with E-state index in [1.165, 1.54) is 12.1 Å². The van der Waals surface area contributed by atoms with Crippen LogP contribution in [0.3, 0.4) is 0 Å². The maximum Gasteiger partial charge on any atom is 0.214 e. The van der Waals surface area contributed by atoms with Gasteiger partial charge < -0.3 is 13.9 Å². The predicted molar refractivity (Wildman–Crippen MR) is 102 cm³/mol. The molecule has 2 aliphatic heterocycles. The molecular formula is C22H19FN2O3. The molecule has 0 fully saturated rings. The number of fused-ring (bicyclic) bond motifs is 3. The monoisotopic (exact) mass is 378 g/mol. The Morgan fingerprint density at radius 1 is 1.18 bits per heavy atom. The lowest BCUT2D eigenvalue weighted by Crippen LogP contribution is -2.34. The van der Waals surface area contributed by atoms with Gasteiger partial charge in [-0.3, -0.25) is 0 Å². The van der Waals surface area contributed by atoms with E-state index in [0.717, 1.165) is 17.0 Å². The van der Waals surface area contributed by atoms with Crippen molar-refractivity contribution in [1.29, 1.82) is 0 Å². The van der Waals surface area contributed by atoms with E-state index >= 15 is 0 Å². The summed E-state index contributed by atoms with van der Waals surface area (Å²) in [4.78, 5) is 0. The van der Waals surface area contributed by atoms with Crippen LogP contribution in [-0.4, -0.2) is 17.3 Å². The fourth-order valence-corrected chi connectivity index (χ4v) is 3.82. The first-order valence-electron chi connectivity index (χ1n) is 9.32. The normalized spacial score (nSPS) is 20.2. The smallest absolute Gasteiger partial charge is 0.214 e. The number of hydrogen-bond donors (Lipinski definition) is 0. The minimum Gasteiger partial charge on any atom is -0.490 e. The summed E-state index contributed by atoms with van der Waals surface area (Å²) in [6.45, 7) is 2.47. The summed E-state index contributed by atoms with van der Waals surface area (Å²) in [5.74, 6) is 1.80. The van der Waals surface area contributed by atoms with Gasteiger partial charge in [-0.25, -0.2) is 9.40 Å². The van der Waals surface area contributed by atoms with E-state index in [2.05, 4.69) is 0 Å². The van der Waals surface area contributed by atoms with E-state index in [-0.39, 0.29) is 11.9 Å². The molecule has 2 aliphatic rings. The van der Waals surface area contributed by atoms with Crippen LogP contribution in [0.5, 0.6) is 11.5 Å². The summed E-state index contributed by atoms with van der Waals surface area (Å²) >= 11 is 0. The number of hydrogen-bond acceptors (Lipinski definition) is 5. The third-order valence-electron chi connectivity index (χ3n) is 5.02. The van der Waals surface area contributed by atoms with E-state index in [4.69, 9.17) is 19.0 Å². The van der Waals surface area contributed by atoms with Gasteiger partial charge in [-0.1, -0.05) is 24.3 Å². The molecule has 6 heteroatoms. The highest BCUT2D eigenvalue weighted by Crippen LogP contribution is 2.50. The molecule has 0 bridgehead atoms. The van der Waals surface area contributed by atoms with Crippen LogP contribution < -0.4 is 9.47 Å². The van der Waals surface area contributed by atoms with Gasteiger partial charge >= 0.3 is 0 Å². The van der Waals surface area contributed by atoms with Gasteiger partial charge in [-0.05, 0) is 37.3 Å². The third kappa shape index (κ3) is 2.72. The predicted octanol–water partition coefficient (Wildman–Crippen LogP) is 5.06. The number of hydrazone groups is 1. The molecule has 0 spiro atoms. The Kier molecular flexibility index (Phi) is 4.04. The van der Waals surface area contributed by atoms with Crippen molar-refractivity contribution in [2.45, 2.75) is 25.6 Å². The Morgan fingerprint density at radius 2 is 2.07 bits per heavy atom. The van der Waals surface area contributed by atoms with Crippen LogP contribution in [0.15, 0.2) is 70.4 Å². The summed E-state index contributed by atoms with van der Waals surface area (Å²) in [6.07, 6.45) is 1.75. The number of para-hydroxylation sites is 1. The Bertz CT molecular complexity index is 1030. The van der Waals surface area contributed by atoms with Crippen molar-refractivity contribution in [3.63, 3.8) is 0 Å². The summed E-state index contributed by atoms with van der Waals surface area (Å²) < 4.78 is 31.6. The number of benzene rings is 2. The van der Waals surface area contributed by atoms with Crippen molar-refractivity contribution < 1.29 is 18.3 Å². The van der Waals surface area contributed by atoms with E-state index in [1.807, 2.05) is 48.3 Å². The van der Waals surface area contributed by atoms with Crippen LogP contribution in [0.1, 0.15) is 42.5 Å². The molecule has 5 nitrogen and oxygen atoms in total. The number of nitrogens with zero attached hydrogens (tertiary/aromatic N) is 2. The molecule has 3 heterocycles. The number of halogens is 1. The summed E-state index contributed by atoms with van der Waals surface area (Å²) in [6, 6.07) is 16.0. The molecule has 0 amide bonds. The minimum absolute atomic E-state index is 0.0440. The van der Waals surface area contributed by atoms with Gasteiger partial charge in [0.05, 0.1) is 18.9 Å². The quantitative estimate of drug-likeness (QED) is 0.637. The van der Waals surface area contributed by atoms with Crippen LogP contribution in [0.25, 0.3) is 0 Å². The topological polar surface area (TPSA) is 47.2 Å². The lowest BCUT2D eigenvalue weighted by molar-refractivity contribution is -0.0214. The molecular weight excluding hydrogens is 359 g/mol. The van der Waals surface area contributed by atoms with Crippen LogP contribution in [0.4, 0.5) is 4.39 Å². The molecule has 0 aliphatic carbocycles. The van der Waals surface area contributed by atoms with Crippen LogP contribution in [0.2, 0.25) is 0 Å². The first-order valence-corrected chi connectivity index (χ1v) is 9.32. The molecule has 3 aromatic rings. The Labute approximate surface area is 162 Å². The maximum atomic E-state index is 13.9. The first kappa shape index (κ1) is 16.9. The molecule has 0 saturated carbocycles. The summed E-state index contributed by atoms with van der Waals surface area (Å²) in [5, 5.41) is 6.68. The lowest BCUT2D eigenvalue weighted by atomic mass is 9.97. The number of furan rings is 1. The third-order valence-corrected chi connectivity index (χ3v) is 5.02. The van der Waals surface area contributed by atoms with Crippen molar-refractivity contribution in [3.8, 4) is 11.5 Å². The molecule has 0 saturated heterocycles.